The molecule has 0 radical (unpaired) electrons. The van der Waals surface area contributed by atoms with Crippen LogP contribution in [-0.2, 0) is 4.79 Å². The number of nitrogen functional groups attached to an aromatic ring is 1. The highest BCUT2D eigenvalue weighted by Crippen LogP contribution is 2.20. The van der Waals surface area contributed by atoms with E-state index in [1.165, 1.54) is 0 Å². The molecule has 0 aromatic heterocycles. The zero-order valence-corrected chi connectivity index (χ0v) is 12.8. The van der Waals surface area contributed by atoms with Crippen LogP contribution in [0, 0.1) is 0 Å². The van der Waals surface area contributed by atoms with Crippen LogP contribution in [0.3, 0.4) is 0 Å². The molecular formula is C13H18BrN3O2. The molecule has 0 aliphatic heterocycles. The number of carbonyl (C=O) groups excluding carboxylic acids is 2. The van der Waals surface area contributed by atoms with E-state index >= 15 is 0 Å². The molecule has 2 amide bonds. The third-order valence-electron chi connectivity index (χ3n) is 2.19. The van der Waals surface area contributed by atoms with Gasteiger partial charge in [-0.25, -0.2) is 0 Å². The quantitative estimate of drug-likeness (QED) is 0.738. The third kappa shape index (κ3) is 5.30. The second-order valence-electron chi connectivity index (χ2n) is 5.22. The van der Waals surface area contributed by atoms with Gasteiger partial charge in [0.1, 0.15) is 0 Å². The van der Waals surface area contributed by atoms with Gasteiger partial charge in [0.25, 0.3) is 5.91 Å². The molecule has 0 unspecified atom stereocenters. The average molecular weight is 328 g/mol. The van der Waals surface area contributed by atoms with Gasteiger partial charge in [-0.1, -0.05) is 0 Å². The van der Waals surface area contributed by atoms with Crippen LogP contribution in [0.1, 0.15) is 31.1 Å². The van der Waals surface area contributed by atoms with Crippen LogP contribution in [0.4, 0.5) is 5.69 Å². The number of hydrogen-bond acceptors (Lipinski definition) is 3. The van der Waals surface area contributed by atoms with E-state index in [9.17, 15) is 9.59 Å². The first kappa shape index (κ1) is 15.5. The van der Waals surface area contributed by atoms with Gasteiger partial charge in [-0.05, 0) is 54.9 Å². The van der Waals surface area contributed by atoms with Gasteiger partial charge in [-0.2, -0.15) is 0 Å². The standard InChI is InChI=1S/C13H18BrN3O2/c1-13(2,3)17-11(18)7-16-12(19)8-4-5-10(15)9(14)6-8/h4-6H,7,15H2,1-3H3,(H,16,19)(H,17,18). The van der Waals surface area contributed by atoms with Gasteiger partial charge in [-0.15, -0.1) is 0 Å². The van der Waals surface area contributed by atoms with Gasteiger partial charge in [0.05, 0.1) is 6.54 Å². The molecule has 0 heterocycles. The zero-order valence-electron chi connectivity index (χ0n) is 11.2. The number of anilines is 1. The molecule has 0 atom stereocenters. The number of halogens is 1. The lowest BCUT2D eigenvalue weighted by atomic mass is 10.1. The molecule has 0 bridgehead atoms. The Morgan fingerprint density at radius 3 is 2.47 bits per heavy atom. The Morgan fingerprint density at radius 1 is 1.32 bits per heavy atom. The fourth-order valence-corrected chi connectivity index (χ4v) is 1.77. The zero-order chi connectivity index (χ0) is 14.6. The lowest BCUT2D eigenvalue weighted by Crippen LogP contribution is -2.45. The maximum atomic E-state index is 11.8. The summed E-state index contributed by atoms with van der Waals surface area (Å²) in [5.74, 6) is -0.542. The predicted octanol–water partition coefficient (Wildman–Crippen LogP) is 1.68. The Morgan fingerprint density at radius 2 is 1.95 bits per heavy atom. The molecular weight excluding hydrogens is 310 g/mol. The number of benzene rings is 1. The predicted molar refractivity (Wildman–Crippen MR) is 78.8 cm³/mol. The molecule has 4 N–H and O–H groups in total. The van der Waals surface area contributed by atoms with Gasteiger partial charge in [0.2, 0.25) is 5.91 Å². The van der Waals surface area contributed by atoms with Crippen molar-refractivity contribution in [3.05, 3.63) is 28.2 Å². The Kier molecular flexibility index (Phi) is 4.94. The number of hydrogen-bond donors (Lipinski definition) is 3. The van der Waals surface area contributed by atoms with Gasteiger partial charge in [0, 0.05) is 21.3 Å². The van der Waals surface area contributed by atoms with Crippen molar-refractivity contribution in [2.24, 2.45) is 0 Å². The lowest BCUT2D eigenvalue weighted by Gasteiger charge is -2.20. The molecule has 0 aliphatic carbocycles. The fourth-order valence-electron chi connectivity index (χ4n) is 1.39. The van der Waals surface area contributed by atoms with Crippen molar-refractivity contribution >= 4 is 33.4 Å². The normalized spacial score (nSPS) is 10.9. The minimum absolute atomic E-state index is 0.0574. The largest absolute Gasteiger partial charge is 0.398 e. The Labute approximate surface area is 121 Å². The molecule has 0 saturated heterocycles. The van der Waals surface area contributed by atoms with E-state index in [2.05, 4.69) is 26.6 Å². The smallest absolute Gasteiger partial charge is 0.251 e. The number of nitrogens with two attached hydrogens (primary N) is 1. The van der Waals surface area contributed by atoms with Crippen LogP contribution in [-0.4, -0.2) is 23.9 Å². The van der Waals surface area contributed by atoms with E-state index in [4.69, 9.17) is 5.73 Å². The summed E-state index contributed by atoms with van der Waals surface area (Å²) < 4.78 is 0.652. The maximum Gasteiger partial charge on any atom is 0.251 e. The van der Waals surface area contributed by atoms with E-state index in [1.54, 1.807) is 18.2 Å². The summed E-state index contributed by atoms with van der Waals surface area (Å²) in [6.07, 6.45) is 0. The molecule has 0 fully saturated rings. The van der Waals surface area contributed by atoms with Crippen LogP contribution in [0.2, 0.25) is 0 Å². The summed E-state index contributed by atoms with van der Waals surface area (Å²) in [4.78, 5) is 23.4. The molecule has 0 aliphatic rings. The highest BCUT2D eigenvalue weighted by Gasteiger charge is 2.14. The van der Waals surface area contributed by atoms with Crippen molar-refractivity contribution in [3.8, 4) is 0 Å². The van der Waals surface area contributed by atoms with Crippen molar-refractivity contribution in [3.63, 3.8) is 0 Å². The van der Waals surface area contributed by atoms with Crippen molar-refractivity contribution in [1.82, 2.24) is 10.6 Å². The molecule has 6 heteroatoms. The molecule has 1 aromatic rings. The maximum absolute atomic E-state index is 11.8. The summed E-state index contributed by atoms with van der Waals surface area (Å²) in [7, 11) is 0. The monoisotopic (exact) mass is 327 g/mol. The number of carbonyl (C=O) groups is 2. The summed E-state index contributed by atoms with van der Waals surface area (Å²) in [6.45, 7) is 5.58. The van der Waals surface area contributed by atoms with Gasteiger partial charge >= 0.3 is 0 Å². The molecule has 0 spiro atoms. The van der Waals surface area contributed by atoms with E-state index < -0.39 is 0 Å². The topological polar surface area (TPSA) is 84.2 Å². The summed E-state index contributed by atoms with van der Waals surface area (Å²) in [6, 6.07) is 4.86. The van der Waals surface area contributed by atoms with Crippen LogP contribution in [0.5, 0.6) is 0 Å². The third-order valence-corrected chi connectivity index (χ3v) is 2.87. The first-order valence-corrected chi connectivity index (χ1v) is 6.62. The highest BCUT2D eigenvalue weighted by atomic mass is 79.9. The SMILES string of the molecule is CC(C)(C)NC(=O)CNC(=O)c1ccc(N)c(Br)c1. The van der Waals surface area contributed by atoms with Crippen LogP contribution in [0.15, 0.2) is 22.7 Å². The molecule has 1 aromatic carbocycles. The number of amides is 2. The van der Waals surface area contributed by atoms with Crippen molar-refractivity contribution in [2.75, 3.05) is 12.3 Å². The summed E-state index contributed by atoms with van der Waals surface area (Å²) >= 11 is 3.25. The second-order valence-corrected chi connectivity index (χ2v) is 6.07. The lowest BCUT2D eigenvalue weighted by molar-refractivity contribution is -0.121. The van der Waals surface area contributed by atoms with Crippen molar-refractivity contribution in [2.45, 2.75) is 26.3 Å². The minimum Gasteiger partial charge on any atom is -0.398 e. The first-order chi connectivity index (χ1) is 8.69. The summed E-state index contributed by atoms with van der Waals surface area (Å²) in [5.41, 5.74) is 6.33. The number of nitrogens with one attached hydrogen (secondary N) is 2. The summed E-state index contributed by atoms with van der Waals surface area (Å²) in [5, 5.41) is 5.32. The first-order valence-electron chi connectivity index (χ1n) is 5.83. The molecule has 5 nitrogen and oxygen atoms in total. The Hall–Kier alpha value is -1.56. The minimum atomic E-state index is -0.315. The van der Waals surface area contributed by atoms with E-state index in [1.807, 2.05) is 20.8 Å². The second kappa shape index (κ2) is 6.06. The van der Waals surface area contributed by atoms with E-state index in [0.29, 0.717) is 15.7 Å². The van der Waals surface area contributed by atoms with Crippen LogP contribution in [0.25, 0.3) is 0 Å². The molecule has 19 heavy (non-hydrogen) atoms. The molecule has 1 rings (SSSR count). The van der Waals surface area contributed by atoms with Crippen molar-refractivity contribution < 1.29 is 9.59 Å². The fraction of sp³-hybridized carbons (Fsp3) is 0.385. The van der Waals surface area contributed by atoms with E-state index in [-0.39, 0.29) is 23.9 Å². The average Bonchev–Trinajstić information content (AvgIpc) is 2.27. The van der Waals surface area contributed by atoms with Crippen LogP contribution >= 0.6 is 15.9 Å². The van der Waals surface area contributed by atoms with Crippen molar-refractivity contribution in [1.29, 1.82) is 0 Å². The molecule has 0 saturated carbocycles. The van der Waals surface area contributed by atoms with Crippen LogP contribution < -0.4 is 16.4 Å². The Balaban J connectivity index is 2.56. The highest BCUT2D eigenvalue weighted by molar-refractivity contribution is 9.10. The van der Waals surface area contributed by atoms with Gasteiger partial charge in [-0.3, -0.25) is 9.59 Å². The molecule has 104 valence electrons. The van der Waals surface area contributed by atoms with Gasteiger partial charge in [0.15, 0.2) is 0 Å². The Bertz CT molecular complexity index is 495. The number of rotatable bonds is 3. The van der Waals surface area contributed by atoms with E-state index in [0.717, 1.165) is 0 Å². The van der Waals surface area contributed by atoms with Gasteiger partial charge < -0.3 is 16.4 Å².